The van der Waals surface area contributed by atoms with Crippen LogP contribution in [0.4, 0.5) is 5.82 Å². The monoisotopic (exact) mass is 291 g/mol. The van der Waals surface area contributed by atoms with Gasteiger partial charge in [-0.05, 0) is 31.6 Å². The molecule has 21 heavy (non-hydrogen) atoms. The number of aromatic nitrogens is 2. The first kappa shape index (κ1) is 15.8. The van der Waals surface area contributed by atoms with Gasteiger partial charge in [-0.25, -0.2) is 4.98 Å². The fourth-order valence-corrected chi connectivity index (χ4v) is 2.36. The SMILES string of the molecule is CCOCc1nc(NC)cc(OCC2CC=CCC2C)n1. The Morgan fingerprint density at radius 1 is 1.29 bits per heavy atom. The highest BCUT2D eigenvalue weighted by Gasteiger charge is 2.19. The van der Waals surface area contributed by atoms with Gasteiger partial charge in [0.15, 0.2) is 5.82 Å². The lowest BCUT2D eigenvalue weighted by Crippen LogP contribution is -2.21. The Morgan fingerprint density at radius 3 is 2.81 bits per heavy atom. The lowest BCUT2D eigenvalue weighted by atomic mass is 9.85. The zero-order valence-corrected chi connectivity index (χ0v) is 13.1. The fourth-order valence-electron chi connectivity index (χ4n) is 2.36. The van der Waals surface area contributed by atoms with E-state index in [1.807, 2.05) is 20.0 Å². The Hall–Kier alpha value is -1.62. The van der Waals surface area contributed by atoms with Gasteiger partial charge in [0.1, 0.15) is 12.4 Å². The van der Waals surface area contributed by atoms with Crippen LogP contribution < -0.4 is 10.1 Å². The van der Waals surface area contributed by atoms with E-state index in [1.54, 1.807) is 0 Å². The number of nitrogens with zero attached hydrogens (tertiary/aromatic N) is 2. The van der Waals surface area contributed by atoms with Gasteiger partial charge >= 0.3 is 0 Å². The van der Waals surface area contributed by atoms with Gasteiger partial charge in [0.25, 0.3) is 0 Å². The van der Waals surface area contributed by atoms with Gasteiger partial charge in [-0.15, -0.1) is 0 Å². The first-order valence-corrected chi connectivity index (χ1v) is 7.64. The predicted octanol–water partition coefficient (Wildman–Crippen LogP) is 3.04. The van der Waals surface area contributed by atoms with Crippen molar-refractivity contribution in [3.63, 3.8) is 0 Å². The molecular weight excluding hydrogens is 266 g/mol. The Morgan fingerprint density at radius 2 is 2.10 bits per heavy atom. The summed E-state index contributed by atoms with van der Waals surface area (Å²) >= 11 is 0. The topological polar surface area (TPSA) is 56.3 Å². The van der Waals surface area contributed by atoms with Gasteiger partial charge in [0, 0.05) is 19.7 Å². The van der Waals surface area contributed by atoms with Crippen LogP contribution in [-0.2, 0) is 11.3 Å². The Bertz CT molecular complexity index is 477. The van der Waals surface area contributed by atoms with Crippen molar-refractivity contribution in [2.24, 2.45) is 11.8 Å². The van der Waals surface area contributed by atoms with Crippen LogP contribution in [0.2, 0.25) is 0 Å². The van der Waals surface area contributed by atoms with Gasteiger partial charge in [-0.3, -0.25) is 0 Å². The molecule has 0 saturated carbocycles. The van der Waals surface area contributed by atoms with Crippen LogP contribution in [0.5, 0.6) is 5.88 Å². The summed E-state index contributed by atoms with van der Waals surface area (Å²) in [5.41, 5.74) is 0. The van der Waals surface area contributed by atoms with Crippen molar-refractivity contribution in [3.8, 4) is 5.88 Å². The van der Waals surface area contributed by atoms with E-state index in [2.05, 4.69) is 34.4 Å². The molecular formula is C16H25N3O2. The standard InChI is InChI=1S/C16H25N3O2/c1-4-20-11-15-18-14(17-3)9-16(19-15)21-10-13-8-6-5-7-12(13)2/h5-6,9,12-13H,4,7-8,10-11H2,1-3H3,(H,17,18,19). The normalized spacial score (nSPS) is 21.3. The van der Waals surface area contributed by atoms with Crippen LogP contribution in [0.25, 0.3) is 0 Å². The largest absolute Gasteiger partial charge is 0.477 e. The average Bonchev–Trinajstić information content (AvgIpc) is 2.52. The van der Waals surface area contributed by atoms with Gasteiger partial charge in [-0.1, -0.05) is 19.1 Å². The smallest absolute Gasteiger partial charge is 0.218 e. The van der Waals surface area contributed by atoms with Crippen LogP contribution in [0.15, 0.2) is 18.2 Å². The molecule has 0 fully saturated rings. The van der Waals surface area contributed by atoms with Crippen molar-refractivity contribution in [3.05, 3.63) is 24.0 Å². The zero-order chi connectivity index (χ0) is 15.1. The highest BCUT2D eigenvalue weighted by Crippen LogP contribution is 2.26. The van der Waals surface area contributed by atoms with Crippen molar-refractivity contribution in [2.75, 3.05) is 25.6 Å². The highest BCUT2D eigenvalue weighted by atomic mass is 16.5. The zero-order valence-electron chi connectivity index (χ0n) is 13.1. The highest BCUT2D eigenvalue weighted by molar-refractivity contribution is 5.37. The van der Waals surface area contributed by atoms with Crippen molar-refractivity contribution >= 4 is 5.82 Å². The number of allylic oxidation sites excluding steroid dienone is 2. The Kier molecular flexibility index (Phi) is 5.99. The minimum Gasteiger partial charge on any atom is -0.477 e. The van der Waals surface area contributed by atoms with Crippen molar-refractivity contribution in [1.82, 2.24) is 9.97 Å². The maximum atomic E-state index is 5.90. The molecule has 5 nitrogen and oxygen atoms in total. The molecule has 2 atom stereocenters. The van der Waals surface area contributed by atoms with Crippen molar-refractivity contribution in [1.29, 1.82) is 0 Å². The summed E-state index contributed by atoms with van der Waals surface area (Å²) < 4.78 is 11.3. The summed E-state index contributed by atoms with van der Waals surface area (Å²) in [6, 6.07) is 1.83. The average molecular weight is 291 g/mol. The second-order valence-corrected chi connectivity index (χ2v) is 5.39. The number of nitrogens with one attached hydrogen (secondary N) is 1. The van der Waals surface area contributed by atoms with E-state index in [1.165, 1.54) is 0 Å². The van der Waals surface area contributed by atoms with Crippen LogP contribution in [0.3, 0.4) is 0 Å². The molecule has 1 aromatic heterocycles. The summed E-state index contributed by atoms with van der Waals surface area (Å²) in [6.45, 7) is 5.98. The van der Waals surface area contributed by atoms with Crippen molar-refractivity contribution < 1.29 is 9.47 Å². The molecule has 2 unspecified atom stereocenters. The third-order valence-electron chi connectivity index (χ3n) is 3.80. The number of ether oxygens (including phenoxy) is 2. The molecule has 0 bridgehead atoms. The van der Waals surface area contributed by atoms with Crippen LogP contribution in [-0.4, -0.2) is 30.2 Å². The summed E-state index contributed by atoms with van der Waals surface area (Å²) in [5, 5.41) is 3.03. The van der Waals surface area contributed by atoms with E-state index >= 15 is 0 Å². The molecule has 1 aliphatic rings. The minimum atomic E-state index is 0.408. The first-order chi connectivity index (χ1) is 10.2. The molecule has 0 amide bonds. The quantitative estimate of drug-likeness (QED) is 0.783. The molecule has 1 heterocycles. The van der Waals surface area contributed by atoms with Crippen molar-refractivity contribution in [2.45, 2.75) is 33.3 Å². The van der Waals surface area contributed by atoms with E-state index in [4.69, 9.17) is 9.47 Å². The fraction of sp³-hybridized carbons (Fsp3) is 0.625. The summed E-state index contributed by atoms with van der Waals surface area (Å²) in [7, 11) is 1.84. The molecule has 5 heteroatoms. The number of hydrogen-bond acceptors (Lipinski definition) is 5. The van der Waals surface area contributed by atoms with Gasteiger partial charge < -0.3 is 14.8 Å². The molecule has 116 valence electrons. The first-order valence-electron chi connectivity index (χ1n) is 7.64. The molecule has 2 rings (SSSR count). The molecule has 0 aliphatic heterocycles. The number of anilines is 1. The molecule has 0 radical (unpaired) electrons. The van der Waals surface area contributed by atoms with Gasteiger partial charge in [-0.2, -0.15) is 4.98 Å². The molecule has 0 saturated heterocycles. The molecule has 0 aromatic carbocycles. The third kappa shape index (κ3) is 4.70. The maximum Gasteiger partial charge on any atom is 0.218 e. The predicted molar refractivity (Wildman–Crippen MR) is 83.4 cm³/mol. The molecule has 0 spiro atoms. The minimum absolute atomic E-state index is 0.408. The third-order valence-corrected chi connectivity index (χ3v) is 3.80. The lowest BCUT2D eigenvalue weighted by Gasteiger charge is -2.25. The summed E-state index contributed by atoms with van der Waals surface area (Å²) in [6.07, 6.45) is 6.71. The second-order valence-electron chi connectivity index (χ2n) is 5.39. The second kappa shape index (κ2) is 7.98. The molecule has 1 aromatic rings. The Balaban J connectivity index is 1.99. The number of rotatable bonds is 7. The maximum absolute atomic E-state index is 5.90. The Labute approximate surface area is 126 Å². The van der Waals surface area contributed by atoms with Gasteiger partial charge in [0.2, 0.25) is 5.88 Å². The van der Waals surface area contributed by atoms with Crippen LogP contribution in [0, 0.1) is 11.8 Å². The molecule has 1 N–H and O–H groups in total. The van der Waals surface area contributed by atoms with E-state index < -0.39 is 0 Å². The summed E-state index contributed by atoms with van der Waals surface area (Å²) in [5.74, 6) is 3.23. The van der Waals surface area contributed by atoms with E-state index in [9.17, 15) is 0 Å². The van der Waals surface area contributed by atoms with E-state index in [-0.39, 0.29) is 0 Å². The number of hydrogen-bond donors (Lipinski definition) is 1. The van der Waals surface area contributed by atoms with Crippen LogP contribution in [0.1, 0.15) is 32.5 Å². The van der Waals surface area contributed by atoms with Crippen LogP contribution >= 0.6 is 0 Å². The van der Waals surface area contributed by atoms with E-state index in [0.717, 1.165) is 18.7 Å². The van der Waals surface area contributed by atoms with Gasteiger partial charge in [0.05, 0.1) is 6.61 Å². The summed E-state index contributed by atoms with van der Waals surface area (Å²) in [4.78, 5) is 8.77. The molecule has 1 aliphatic carbocycles. The lowest BCUT2D eigenvalue weighted by molar-refractivity contribution is 0.126. The van der Waals surface area contributed by atoms with E-state index in [0.29, 0.717) is 43.4 Å².